The Kier molecular flexibility index (Phi) is 8.09. The highest BCUT2D eigenvalue weighted by molar-refractivity contribution is 8.03. The van der Waals surface area contributed by atoms with E-state index in [1.807, 2.05) is 25.1 Å². The fourth-order valence-corrected chi connectivity index (χ4v) is 3.21. The van der Waals surface area contributed by atoms with Gasteiger partial charge in [-0.25, -0.2) is 13.8 Å². The normalized spacial score (nSPS) is 11.6. The van der Waals surface area contributed by atoms with Crippen molar-refractivity contribution in [1.82, 2.24) is 4.90 Å². The van der Waals surface area contributed by atoms with Crippen LogP contribution in [0.3, 0.4) is 0 Å². The molecule has 0 radical (unpaired) electrons. The summed E-state index contributed by atoms with van der Waals surface area (Å²) >= 11 is 1.49. The van der Waals surface area contributed by atoms with E-state index in [4.69, 9.17) is 5.41 Å². The third-order valence-corrected chi connectivity index (χ3v) is 4.97. The minimum Gasteiger partial charge on any atom is -0.372 e. The summed E-state index contributed by atoms with van der Waals surface area (Å²) in [4.78, 5) is 18.9. The lowest BCUT2D eigenvalue weighted by Gasteiger charge is -2.17. The zero-order valence-corrected chi connectivity index (χ0v) is 17.2. The van der Waals surface area contributed by atoms with Gasteiger partial charge in [-0.1, -0.05) is 17.8 Å². The number of amidine groups is 1. The molecule has 2 rings (SSSR count). The van der Waals surface area contributed by atoms with E-state index < -0.39 is 23.1 Å². The molecule has 0 unspecified atom stereocenters. The number of nitrogens with one attached hydrogen (secondary N) is 2. The first kappa shape index (κ1) is 22.3. The van der Waals surface area contributed by atoms with Crippen LogP contribution in [0.2, 0.25) is 0 Å². The van der Waals surface area contributed by atoms with Crippen LogP contribution in [0.25, 0.3) is 0 Å². The molecule has 2 aromatic carbocycles. The predicted molar refractivity (Wildman–Crippen MR) is 115 cm³/mol. The Balaban J connectivity index is 2.08. The van der Waals surface area contributed by atoms with E-state index >= 15 is 0 Å². The molecule has 0 aliphatic rings. The molecular formula is C21H22F2N4OS. The molecule has 0 aliphatic heterocycles. The van der Waals surface area contributed by atoms with Crippen LogP contribution < -0.4 is 5.32 Å². The molecule has 0 atom stereocenters. The van der Waals surface area contributed by atoms with Gasteiger partial charge < -0.3 is 10.2 Å². The first-order chi connectivity index (χ1) is 13.8. The van der Waals surface area contributed by atoms with Crippen LogP contribution >= 0.6 is 11.8 Å². The van der Waals surface area contributed by atoms with Crippen molar-refractivity contribution in [3.63, 3.8) is 0 Å². The Hall–Kier alpha value is -3.00. The number of thioether (sulfide) groups is 1. The Labute approximate surface area is 173 Å². The molecule has 8 heteroatoms. The van der Waals surface area contributed by atoms with E-state index in [2.05, 4.69) is 10.3 Å². The maximum absolute atomic E-state index is 13.7. The van der Waals surface area contributed by atoms with Crippen LogP contribution in [0, 0.1) is 17.0 Å². The minimum absolute atomic E-state index is 0.269. The third kappa shape index (κ3) is 6.53. The van der Waals surface area contributed by atoms with Gasteiger partial charge in [0.15, 0.2) is 0 Å². The lowest BCUT2D eigenvalue weighted by Crippen LogP contribution is -2.15. The fraction of sp³-hybridized carbons (Fsp3) is 0.190. The molecule has 0 saturated carbocycles. The maximum atomic E-state index is 13.7. The zero-order valence-electron chi connectivity index (χ0n) is 16.4. The number of carbonyl (C=O) groups excluding carboxylic acids is 1. The van der Waals surface area contributed by atoms with Gasteiger partial charge >= 0.3 is 0 Å². The van der Waals surface area contributed by atoms with Gasteiger partial charge in [0.1, 0.15) is 23.0 Å². The second kappa shape index (κ2) is 10.5. The Morgan fingerprint density at radius 1 is 1.17 bits per heavy atom. The number of halogens is 2. The molecular weight excluding hydrogens is 394 g/mol. The van der Waals surface area contributed by atoms with Crippen molar-refractivity contribution in [2.45, 2.75) is 18.2 Å². The summed E-state index contributed by atoms with van der Waals surface area (Å²) in [7, 11) is 3.81. The summed E-state index contributed by atoms with van der Waals surface area (Å²) in [6.07, 6.45) is 3.91. The molecule has 29 heavy (non-hydrogen) atoms. The quantitative estimate of drug-likeness (QED) is 0.372. The van der Waals surface area contributed by atoms with Gasteiger partial charge in [-0.15, -0.1) is 0 Å². The first-order valence-corrected chi connectivity index (χ1v) is 9.60. The monoisotopic (exact) mass is 416 g/mol. The number of anilines is 1. The number of nitrogens with zero attached hydrogens (tertiary/aromatic N) is 2. The third-order valence-electron chi connectivity index (χ3n) is 3.72. The van der Waals surface area contributed by atoms with Crippen LogP contribution in [0.15, 0.2) is 63.5 Å². The molecule has 0 aromatic heterocycles. The van der Waals surface area contributed by atoms with Gasteiger partial charge in [0.25, 0.3) is 5.91 Å². The van der Waals surface area contributed by atoms with Crippen molar-refractivity contribution in [2.75, 3.05) is 19.4 Å². The summed E-state index contributed by atoms with van der Waals surface area (Å²) in [6.45, 7) is 1.76. The lowest BCUT2D eigenvalue weighted by atomic mass is 10.2. The molecule has 0 aliphatic carbocycles. The molecule has 1 amide bonds. The second-order valence-electron chi connectivity index (χ2n) is 6.15. The Morgan fingerprint density at radius 3 is 2.34 bits per heavy atom. The number of carbonyl (C=O) groups is 1. The van der Waals surface area contributed by atoms with Crippen molar-refractivity contribution in [2.24, 2.45) is 4.99 Å². The largest absolute Gasteiger partial charge is 0.372 e. The second-order valence-corrected chi connectivity index (χ2v) is 7.25. The van der Waals surface area contributed by atoms with Gasteiger partial charge in [-0.05, 0) is 49.4 Å². The summed E-state index contributed by atoms with van der Waals surface area (Å²) in [5.74, 6) is -2.39. The molecule has 2 aromatic rings. The van der Waals surface area contributed by atoms with Gasteiger partial charge in [0.2, 0.25) is 0 Å². The highest BCUT2D eigenvalue weighted by atomic mass is 32.2. The number of aliphatic imine (C=N–C) groups is 1. The van der Waals surface area contributed by atoms with E-state index in [0.717, 1.165) is 22.1 Å². The SMILES string of the molecule is CC=NC(=N)C/C=C(/Sc1ccc(NC(=O)c2c(F)cccc2F)cc1)N(C)C. The molecule has 0 fully saturated rings. The highest BCUT2D eigenvalue weighted by Gasteiger charge is 2.17. The lowest BCUT2D eigenvalue weighted by molar-refractivity contribution is 0.101. The summed E-state index contributed by atoms with van der Waals surface area (Å²) in [6, 6.07) is 10.2. The van der Waals surface area contributed by atoms with E-state index in [-0.39, 0.29) is 5.84 Å². The fourth-order valence-electron chi connectivity index (χ4n) is 2.34. The van der Waals surface area contributed by atoms with Crippen LogP contribution in [0.1, 0.15) is 23.7 Å². The van der Waals surface area contributed by atoms with Gasteiger partial charge in [0.05, 0.1) is 5.03 Å². The van der Waals surface area contributed by atoms with Crippen molar-refractivity contribution in [3.8, 4) is 0 Å². The topological polar surface area (TPSA) is 68.5 Å². The standard InChI is InChI=1S/C21H22F2N4OS/c1-4-25-18(24)12-13-19(27(2)3)29-15-10-8-14(9-11-15)26-21(28)20-16(22)6-5-7-17(20)23/h4-11,13,24H,12H2,1-3H3,(H,26,28)/b19-13+,24-18?,25-4?. The number of rotatable bonds is 7. The van der Waals surface area contributed by atoms with Crippen molar-refractivity contribution in [1.29, 1.82) is 5.41 Å². The average Bonchev–Trinajstić information content (AvgIpc) is 2.66. The molecule has 152 valence electrons. The Bertz CT molecular complexity index is 920. The van der Waals surface area contributed by atoms with Gasteiger partial charge in [0, 0.05) is 37.3 Å². The van der Waals surface area contributed by atoms with Crippen LogP contribution in [0.5, 0.6) is 0 Å². The molecule has 0 spiro atoms. The molecule has 0 saturated heterocycles. The van der Waals surface area contributed by atoms with Crippen molar-refractivity contribution in [3.05, 3.63) is 70.8 Å². The molecule has 5 nitrogen and oxygen atoms in total. The Morgan fingerprint density at radius 2 is 1.79 bits per heavy atom. The number of hydrogen-bond acceptors (Lipinski definition) is 4. The smallest absolute Gasteiger partial charge is 0.261 e. The number of hydrogen-bond donors (Lipinski definition) is 2. The minimum atomic E-state index is -0.909. The van der Waals surface area contributed by atoms with Gasteiger partial charge in [-0.3, -0.25) is 10.2 Å². The highest BCUT2D eigenvalue weighted by Crippen LogP contribution is 2.29. The summed E-state index contributed by atoms with van der Waals surface area (Å²) < 4.78 is 27.5. The van der Waals surface area contributed by atoms with Gasteiger partial charge in [-0.2, -0.15) is 0 Å². The van der Waals surface area contributed by atoms with E-state index in [1.54, 1.807) is 37.4 Å². The number of benzene rings is 2. The molecule has 2 N–H and O–H groups in total. The molecule has 0 bridgehead atoms. The molecule has 0 heterocycles. The number of amides is 1. The zero-order chi connectivity index (χ0) is 21.4. The van der Waals surface area contributed by atoms with E-state index in [0.29, 0.717) is 12.1 Å². The van der Waals surface area contributed by atoms with E-state index in [1.165, 1.54) is 17.8 Å². The summed E-state index contributed by atoms with van der Waals surface area (Å²) in [5, 5.41) is 11.2. The average molecular weight is 416 g/mol. The van der Waals surface area contributed by atoms with Crippen LogP contribution in [0.4, 0.5) is 14.5 Å². The van der Waals surface area contributed by atoms with Crippen LogP contribution in [-0.2, 0) is 0 Å². The maximum Gasteiger partial charge on any atom is 0.261 e. The van der Waals surface area contributed by atoms with E-state index in [9.17, 15) is 13.6 Å². The van der Waals surface area contributed by atoms with Crippen molar-refractivity contribution < 1.29 is 13.6 Å². The van der Waals surface area contributed by atoms with Crippen molar-refractivity contribution >= 4 is 35.4 Å². The first-order valence-electron chi connectivity index (χ1n) is 8.78. The summed E-state index contributed by atoms with van der Waals surface area (Å²) in [5.41, 5.74) is -0.183. The van der Waals surface area contributed by atoms with Crippen LogP contribution in [-0.4, -0.2) is 37.0 Å². The predicted octanol–water partition coefficient (Wildman–Crippen LogP) is 5.17.